The van der Waals surface area contributed by atoms with Crippen molar-refractivity contribution >= 4 is 27.5 Å². The van der Waals surface area contributed by atoms with Crippen LogP contribution in [0.15, 0.2) is 83.8 Å². The van der Waals surface area contributed by atoms with E-state index in [0.717, 1.165) is 21.9 Å². The van der Waals surface area contributed by atoms with Crippen molar-refractivity contribution in [2.75, 3.05) is 24.5 Å². The fourth-order valence-corrected chi connectivity index (χ4v) is 5.36. The van der Waals surface area contributed by atoms with E-state index in [4.69, 9.17) is 4.74 Å². The molecular formula is C29H35N3O5S. The van der Waals surface area contributed by atoms with Gasteiger partial charge in [-0.2, -0.15) is 0 Å². The van der Waals surface area contributed by atoms with Gasteiger partial charge in [-0.1, -0.05) is 49.4 Å². The number of ether oxygens (including phenoxy) is 1. The number of carbonyl (C=O) groups excluding carboxylic acids is 2. The highest BCUT2D eigenvalue weighted by molar-refractivity contribution is 7.92. The minimum atomic E-state index is -4.07. The molecule has 3 aromatic rings. The zero-order valence-electron chi connectivity index (χ0n) is 22.3. The maximum Gasteiger partial charge on any atom is 0.264 e. The van der Waals surface area contributed by atoms with E-state index in [0.29, 0.717) is 18.0 Å². The van der Waals surface area contributed by atoms with Crippen molar-refractivity contribution in [3.05, 3.63) is 90.0 Å². The molecule has 1 atom stereocenters. The molecule has 0 aromatic heterocycles. The Bertz CT molecular complexity index is 1330. The van der Waals surface area contributed by atoms with Gasteiger partial charge in [-0.3, -0.25) is 13.9 Å². The first-order valence-corrected chi connectivity index (χ1v) is 14.0. The van der Waals surface area contributed by atoms with Crippen LogP contribution in [0.4, 0.5) is 5.69 Å². The summed E-state index contributed by atoms with van der Waals surface area (Å²) in [5.41, 5.74) is 2.00. The zero-order chi connectivity index (χ0) is 27.7. The maximum absolute atomic E-state index is 13.9. The first-order valence-electron chi connectivity index (χ1n) is 12.5. The van der Waals surface area contributed by atoms with Crippen LogP contribution in [0.25, 0.3) is 0 Å². The smallest absolute Gasteiger partial charge is 0.264 e. The summed E-state index contributed by atoms with van der Waals surface area (Å²) in [6.45, 7) is 5.58. The third kappa shape index (κ3) is 7.13. The number of rotatable bonds is 12. The number of benzene rings is 3. The molecule has 0 fully saturated rings. The van der Waals surface area contributed by atoms with Crippen LogP contribution in [0.5, 0.6) is 5.75 Å². The highest BCUT2D eigenvalue weighted by Crippen LogP contribution is 2.25. The van der Waals surface area contributed by atoms with Gasteiger partial charge in [0.2, 0.25) is 11.8 Å². The van der Waals surface area contributed by atoms with Crippen LogP contribution in [-0.2, 0) is 26.2 Å². The summed E-state index contributed by atoms with van der Waals surface area (Å²) < 4.78 is 33.8. The highest BCUT2D eigenvalue weighted by atomic mass is 32.2. The monoisotopic (exact) mass is 537 g/mol. The minimum Gasteiger partial charge on any atom is -0.497 e. The summed E-state index contributed by atoms with van der Waals surface area (Å²) in [5, 5.41) is 2.84. The third-order valence-electron chi connectivity index (χ3n) is 6.13. The third-order valence-corrected chi connectivity index (χ3v) is 7.92. The molecule has 0 radical (unpaired) electrons. The van der Waals surface area contributed by atoms with Gasteiger partial charge < -0.3 is 15.0 Å². The molecule has 0 aliphatic carbocycles. The van der Waals surface area contributed by atoms with Crippen LogP contribution < -0.4 is 14.4 Å². The van der Waals surface area contributed by atoms with Crippen molar-refractivity contribution in [3.8, 4) is 5.75 Å². The van der Waals surface area contributed by atoms with Crippen molar-refractivity contribution in [1.82, 2.24) is 10.2 Å². The summed E-state index contributed by atoms with van der Waals surface area (Å²) in [6.07, 6.45) is 0.751. The quantitative estimate of drug-likeness (QED) is 0.375. The van der Waals surface area contributed by atoms with Crippen LogP contribution in [0.2, 0.25) is 0 Å². The zero-order valence-corrected chi connectivity index (χ0v) is 23.1. The fraction of sp³-hybridized carbons (Fsp3) is 0.310. The lowest BCUT2D eigenvalue weighted by Crippen LogP contribution is -2.51. The second-order valence-corrected chi connectivity index (χ2v) is 10.9. The summed E-state index contributed by atoms with van der Waals surface area (Å²) in [6, 6.07) is 21.3. The number of nitrogens with one attached hydrogen (secondary N) is 1. The maximum atomic E-state index is 13.9. The van der Waals surface area contributed by atoms with E-state index in [9.17, 15) is 18.0 Å². The molecule has 9 heteroatoms. The lowest BCUT2D eigenvalue weighted by molar-refractivity contribution is -0.139. The molecule has 8 nitrogen and oxygen atoms in total. The van der Waals surface area contributed by atoms with Gasteiger partial charge in [-0.25, -0.2) is 8.42 Å². The molecule has 0 saturated heterocycles. The number of carbonyl (C=O) groups is 2. The van der Waals surface area contributed by atoms with Crippen LogP contribution in [0.3, 0.4) is 0 Å². The predicted molar refractivity (Wildman–Crippen MR) is 148 cm³/mol. The molecular weight excluding hydrogens is 502 g/mol. The molecule has 1 N–H and O–H groups in total. The normalized spacial score (nSPS) is 11.9. The number of anilines is 1. The van der Waals surface area contributed by atoms with Crippen molar-refractivity contribution < 1.29 is 22.7 Å². The minimum absolute atomic E-state index is 0.0738. The first kappa shape index (κ1) is 28.7. The Morgan fingerprint density at radius 1 is 0.974 bits per heavy atom. The molecule has 0 bridgehead atoms. The average Bonchev–Trinajstić information content (AvgIpc) is 2.93. The Balaban J connectivity index is 2.00. The number of hydrogen-bond acceptors (Lipinski definition) is 5. The second kappa shape index (κ2) is 13.1. The molecule has 0 spiro atoms. The Hall–Kier alpha value is -3.85. The Labute approximate surface area is 225 Å². The van der Waals surface area contributed by atoms with Crippen LogP contribution >= 0.6 is 0 Å². The number of nitrogens with zero attached hydrogens (tertiary/aromatic N) is 2. The molecule has 0 aliphatic heterocycles. The van der Waals surface area contributed by atoms with Crippen molar-refractivity contribution in [2.45, 2.75) is 44.7 Å². The van der Waals surface area contributed by atoms with Gasteiger partial charge in [0, 0.05) is 13.1 Å². The molecule has 202 valence electrons. The SMILES string of the molecule is CCCNC(=O)C(C)N(Cc1ccc(OC)cc1)C(=O)CN(c1cccc(C)c1)S(=O)(=O)c1ccccc1. The van der Waals surface area contributed by atoms with E-state index in [1.807, 2.05) is 32.0 Å². The second-order valence-electron chi connectivity index (χ2n) is 9.00. The van der Waals surface area contributed by atoms with Crippen molar-refractivity contribution in [3.63, 3.8) is 0 Å². The summed E-state index contributed by atoms with van der Waals surface area (Å²) in [7, 11) is -2.51. The lowest BCUT2D eigenvalue weighted by Gasteiger charge is -2.32. The standard InChI is InChI=1S/C29H35N3O5S/c1-5-18-30-29(34)23(3)31(20-24-14-16-26(37-4)17-15-24)28(33)21-32(25-11-9-10-22(2)19-25)38(35,36)27-12-7-6-8-13-27/h6-17,19,23H,5,18,20-21H2,1-4H3,(H,30,34). The van der Waals surface area contributed by atoms with Crippen molar-refractivity contribution in [1.29, 1.82) is 0 Å². The number of hydrogen-bond donors (Lipinski definition) is 1. The highest BCUT2D eigenvalue weighted by Gasteiger charge is 2.32. The van der Waals surface area contributed by atoms with E-state index >= 15 is 0 Å². The predicted octanol–water partition coefficient (Wildman–Crippen LogP) is 4.14. The fourth-order valence-electron chi connectivity index (χ4n) is 3.94. The average molecular weight is 538 g/mol. The van der Waals surface area contributed by atoms with Gasteiger partial charge in [-0.05, 0) is 67.8 Å². The molecule has 38 heavy (non-hydrogen) atoms. The molecule has 2 amide bonds. The number of amides is 2. The van der Waals surface area contributed by atoms with Gasteiger partial charge in [0.1, 0.15) is 18.3 Å². The van der Waals surface area contributed by atoms with Gasteiger partial charge >= 0.3 is 0 Å². The molecule has 3 aromatic carbocycles. The van der Waals surface area contributed by atoms with Gasteiger partial charge in [0.05, 0.1) is 17.7 Å². The number of methoxy groups -OCH3 is 1. The topological polar surface area (TPSA) is 96.0 Å². The largest absolute Gasteiger partial charge is 0.497 e. The molecule has 0 saturated carbocycles. The number of aryl methyl sites for hydroxylation is 1. The Morgan fingerprint density at radius 2 is 1.66 bits per heavy atom. The molecule has 0 aliphatic rings. The van der Waals surface area contributed by atoms with Gasteiger partial charge in [0.15, 0.2) is 0 Å². The molecule has 0 heterocycles. The van der Waals surface area contributed by atoms with E-state index in [1.165, 1.54) is 17.0 Å². The van der Waals surface area contributed by atoms with Crippen molar-refractivity contribution in [2.24, 2.45) is 0 Å². The Kier molecular flexibility index (Phi) is 9.90. The van der Waals surface area contributed by atoms with Crippen LogP contribution in [0.1, 0.15) is 31.4 Å². The molecule has 3 rings (SSSR count). The van der Waals surface area contributed by atoms with Gasteiger partial charge in [-0.15, -0.1) is 0 Å². The summed E-state index contributed by atoms with van der Waals surface area (Å²) >= 11 is 0. The summed E-state index contributed by atoms with van der Waals surface area (Å²) in [4.78, 5) is 28.2. The summed E-state index contributed by atoms with van der Waals surface area (Å²) in [5.74, 6) is -0.136. The Morgan fingerprint density at radius 3 is 2.26 bits per heavy atom. The first-order chi connectivity index (χ1) is 18.2. The van der Waals surface area contributed by atoms with Crippen LogP contribution in [0, 0.1) is 6.92 Å². The van der Waals surface area contributed by atoms with E-state index < -0.39 is 28.5 Å². The molecule has 1 unspecified atom stereocenters. The van der Waals surface area contributed by atoms with Gasteiger partial charge in [0.25, 0.3) is 10.0 Å². The number of sulfonamides is 1. The van der Waals surface area contributed by atoms with E-state index in [2.05, 4.69) is 5.32 Å². The van der Waals surface area contributed by atoms with Crippen LogP contribution in [-0.4, -0.2) is 51.4 Å². The van der Waals surface area contributed by atoms with E-state index in [-0.39, 0.29) is 17.3 Å². The van der Waals surface area contributed by atoms with E-state index in [1.54, 1.807) is 62.6 Å². The lowest BCUT2D eigenvalue weighted by atomic mass is 10.1.